The lowest BCUT2D eigenvalue weighted by molar-refractivity contribution is -0.160. The number of hydrogen-bond acceptors (Lipinski definition) is 3. The van der Waals surface area contributed by atoms with Crippen molar-refractivity contribution in [3.8, 4) is 11.1 Å². The lowest BCUT2D eigenvalue weighted by atomic mass is 9.66. The Bertz CT molecular complexity index is 1450. The summed E-state index contributed by atoms with van der Waals surface area (Å²) in [5.41, 5.74) is -0.791. The minimum atomic E-state index is -4.71. The maximum Gasteiger partial charge on any atom is 0.416 e. The predicted molar refractivity (Wildman–Crippen MR) is 134 cm³/mol. The minimum absolute atomic E-state index is 0.0461. The number of nitrogens with one attached hydrogen (secondary N) is 2. The van der Waals surface area contributed by atoms with Crippen molar-refractivity contribution in [3.63, 3.8) is 0 Å². The zero-order chi connectivity index (χ0) is 29.3. The molecule has 40 heavy (non-hydrogen) atoms. The van der Waals surface area contributed by atoms with Gasteiger partial charge in [0.25, 0.3) is 0 Å². The molecule has 0 saturated carbocycles. The molecule has 0 aliphatic heterocycles. The number of halogens is 6. The number of carbonyl (C=O) groups excluding carboxylic acids is 2. The van der Waals surface area contributed by atoms with Crippen molar-refractivity contribution in [3.05, 3.63) is 83.4 Å². The van der Waals surface area contributed by atoms with Crippen molar-refractivity contribution in [2.24, 2.45) is 5.41 Å². The highest BCUT2D eigenvalue weighted by Gasteiger charge is 2.51. The Hall–Kier alpha value is -4.35. The minimum Gasteiger partial charge on any atom is -0.481 e. The highest BCUT2D eigenvalue weighted by molar-refractivity contribution is 6.05. The van der Waals surface area contributed by atoms with Gasteiger partial charge < -0.3 is 15.7 Å². The molecule has 0 unspecified atom stereocenters. The van der Waals surface area contributed by atoms with Gasteiger partial charge in [-0.3, -0.25) is 9.59 Å². The summed E-state index contributed by atoms with van der Waals surface area (Å²) >= 11 is 0. The van der Waals surface area contributed by atoms with Gasteiger partial charge in [0.2, 0.25) is 0 Å². The van der Waals surface area contributed by atoms with E-state index in [-0.39, 0.29) is 24.1 Å². The first-order valence-electron chi connectivity index (χ1n) is 12.0. The van der Waals surface area contributed by atoms with Crippen LogP contribution in [0.4, 0.5) is 42.5 Å². The molecule has 1 aliphatic carbocycles. The van der Waals surface area contributed by atoms with E-state index in [0.717, 1.165) is 12.1 Å². The smallest absolute Gasteiger partial charge is 0.416 e. The molecule has 0 spiro atoms. The van der Waals surface area contributed by atoms with Crippen LogP contribution in [0.15, 0.2) is 66.7 Å². The Morgan fingerprint density at radius 2 is 1.50 bits per heavy atom. The molecule has 210 valence electrons. The average molecular weight is 564 g/mol. The molecule has 1 atom stereocenters. The number of alkyl halides is 6. The van der Waals surface area contributed by atoms with Gasteiger partial charge in [0.05, 0.1) is 23.8 Å². The molecule has 1 aliphatic rings. The number of carbonyl (C=O) groups is 3. The van der Waals surface area contributed by atoms with Crippen LogP contribution in [-0.2, 0) is 17.4 Å². The highest BCUT2D eigenvalue weighted by atomic mass is 19.4. The van der Waals surface area contributed by atoms with Crippen LogP contribution in [0, 0.1) is 5.41 Å². The lowest BCUT2D eigenvalue weighted by Crippen LogP contribution is -2.41. The summed E-state index contributed by atoms with van der Waals surface area (Å²) in [4.78, 5) is 36.6. The van der Waals surface area contributed by atoms with E-state index in [0.29, 0.717) is 22.4 Å². The summed E-state index contributed by atoms with van der Waals surface area (Å²) in [6.45, 7) is 0. The number of ketones is 1. The van der Waals surface area contributed by atoms with Crippen LogP contribution in [0.5, 0.6) is 0 Å². The molecular formula is C28H22F6N2O4. The van der Waals surface area contributed by atoms with Crippen LogP contribution in [0.1, 0.15) is 40.7 Å². The second kappa shape index (κ2) is 10.7. The second-order valence-corrected chi connectivity index (χ2v) is 9.58. The third-order valence-electron chi connectivity index (χ3n) is 6.66. The molecule has 6 nitrogen and oxygen atoms in total. The van der Waals surface area contributed by atoms with Crippen molar-refractivity contribution < 1.29 is 45.8 Å². The number of rotatable bonds is 6. The molecule has 2 amide bonds. The standard InChI is InChI=1S/C28H22F6N2O4/c29-27(30,31)15-26(14-23(37)38)11-10-18-12-17(6-9-22(18)24(26)39)16-4-7-20(8-5-16)35-25(40)36-21-3-1-2-19(13-21)28(32,33)34/h1-9,12-13H,10-11,14-15H2,(H,37,38)(H2,35,36,40)/t26-/m1/s1. The van der Waals surface area contributed by atoms with E-state index in [1.54, 1.807) is 36.4 Å². The van der Waals surface area contributed by atoms with E-state index in [1.165, 1.54) is 18.2 Å². The zero-order valence-corrected chi connectivity index (χ0v) is 20.6. The Kier molecular flexibility index (Phi) is 7.64. The summed E-state index contributed by atoms with van der Waals surface area (Å²) in [5.74, 6) is -2.32. The molecule has 3 N–H and O–H groups in total. The van der Waals surface area contributed by atoms with Gasteiger partial charge in [-0.2, -0.15) is 26.3 Å². The van der Waals surface area contributed by atoms with Gasteiger partial charge >= 0.3 is 24.4 Å². The molecule has 0 heterocycles. The Morgan fingerprint density at radius 1 is 0.850 bits per heavy atom. The first-order chi connectivity index (χ1) is 18.6. The second-order valence-electron chi connectivity index (χ2n) is 9.58. The van der Waals surface area contributed by atoms with Crippen LogP contribution >= 0.6 is 0 Å². The molecule has 12 heteroatoms. The van der Waals surface area contributed by atoms with Gasteiger partial charge in [0.1, 0.15) is 0 Å². The van der Waals surface area contributed by atoms with Crippen LogP contribution in [0.25, 0.3) is 11.1 Å². The first kappa shape index (κ1) is 28.7. The fourth-order valence-corrected chi connectivity index (χ4v) is 4.86. The van der Waals surface area contributed by atoms with Gasteiger partial charge in [-0.25, -0.2) is 4.79 Å². The van der Waals surface area contributed by atoms with Gasteiger partial charge in [0.15, 0.2) is 5.78 Å². The fourth-order valence-electron chi connectivity index (χ4n) is 4.86. The summed E-state index contributed by atoms with van der Waals surface area (Å²) in [6.07, 6.45) is -11.9. The van der Waals surface area contributed by atoms with Crippen molar-refractivity contribution in [1.82, 2.24) is 0 Å². The molecule has 0 bridgehead atoms. The van der Waals surface area contributed by atoms with E-state index < -0.39 is 54.0 Å². The summed E-state index contributed by atoms with van der Waals surface area (Å²) < 4.78 is 78.3. The lowest BCUT2D eigenvalue weighted by Gasteiger charge is -2.36. The maximum atomic E-state index is 13.2. The largest absolute Gasteiger partial charge is 0.481 e. The number of Topliss-reactive ketones (excluding diaryl/α,β-unsaturated/α-hetero) is 1. The number of amides is 2. The van der Waals surface area contributed by atoms with E-state index in [9.17, 15) is 45.8 Å². The number of benzene rings is 3. The summed E-state index contributed by atoms with van der Waals surface area (Å²) in [6, 6.07) is 14.4. The number of aliphatic carboxylic acids is 1. The van der Waals surface area contributed by atoms with E-state index in [2.05, 4.69) is 10.6 Å². The topological polar surface area (TPSA) is 95.5 Å². The van der Waals surface area contributed by atoms with E-state index in [1.807, 2.05) is 0 Å². The summed E-state index contributed by atoms with van der Waals surface area (Å²) in [7, 11) is 0. The SMILES string of the molecule is O=C(O)C[C@@]1(CC(F)(F)F)CCc2cc(-c3ccc(NC(=O)Nc4cccc(C(F)(F)F)c4)cc3)ccc2C1=O. The number of hydrogen-bond donors (Lipinski definition) is 3. The third kappa shape index (κ3) is 6.61. The summed E-state index contributed by atoms with van der Waals surface area (Å²) in [5, 5.41) is 14.0. The van der Waals surface area contributed by atoms with Crippen molar-refractivity contribution >= 4 is 29.2 Å². The molecule has 3 aromatic carbocycles. The molecular weight excluding hydrogens is 542 g/mol. The Labute approximate surface area is 224 Å². The molecule has 0 aromatic heterocycles. The average Bonchev–Trinajstić information content (AvgIpc) is 2.85. The molecule has 4 rings (SSSR count). The molecule has 0 fully saturated rings. The molecule has 3 aromatic rings. The quantitative estimate of drug-likeness (QED) is 0.269. The van der Waals surface area contributed by atoms with Gasteiger partial charge in [-0.1, -0.05) is 36.4 Å². The first-order valence-corrected chi connectivity index (χ1v) is 12.0. The third-order valence-corrected chi connectivity index (χ3v) is 6.66. The normalized spacial score (nSPS) is 17.2. The number of fused-ring (bicyclic) bond motifs is 1. The van der Waals surface area contributed by atoms with Crippen molar-refractivity contribution in [1.29, 1.82) is 0 Å². The number of anilines is 2. The van der Waals surface area contributed by atoms with Crippen LogP contribution in [-0.4, -0.2) is 29.1 Å². The number of carboxylic acids is 1. The highest BCUT2D eigenvalue weighted by Crippen LogP contribution is 2.46. The van der Waals surface area contributed by atoms with E-state index >= 15 is 0 Å². The fraction of sp³-hybridized carbons (Fsp3) is 0.250. The number of urea groups is 1. The number of carboxylic acid groups (broad SMARTS) is 1. The van der Waals surface area contributed by atoms with Gasteiger partial charge in [0, 0.05) is 16.9 Å². The monoisotopic (exact) mass is 564 g/mol. The maximum absolute atomic E-state index is 13.2. The van der Waals surface area contributed by atoms with Crippen LogP contribution < -0.4 is 10.6 Å². The zero-order valence-electron chi connectivity index (χ0n) is 20.6. The number of aryl methyl sites for hydroxylation is 1. The van der Waals surface area contributed by atoms with Gasteiger partial charge in [-0.15, -0.1) is 0 Å². The predicted octanol–water partition coefficient (Wildman–Crippen LogP) is 7.56. The van der Waals surface area contributed by atoms with Gasteiger partial charge in [-0.05, 0) is 59.9 Å². The molecule has 0 saturated heterocycles. The van der Waals surface area contributed by atoms with E-state index in [4.69, 9.17) is 0 Å². The Balaban J connectivity index is 1.47. The Morgan fingerprint density at radius 3 is 2.12 bits per heavy atom. The van der Waals surface area contributed by atoms with Crippen molar-refractivity contribution in [2.75, 3.05) is 10.6 Å². The van der Waals surface area contributed by atoms with Crippen LogP contribution in [0.3, 0.4) is 0 Å². The van der Waals surface area contributed by atoms with Crippen molar-refractivity contribution in [2.45, 2.75) is 38.0 Å². The van der Waals surface area contributed by atoms with Crippen LogP contribution in [0.2, 0.25) is 0 Å². The molecule has 0 radical (unpaired) electrons.